The summed E-state index contributed by atoms with van der Waals surface area (Å²) in [5.74, 6) is -0.593. The Labute approximate surface area is 210 Å². The van der Waals surface area contributed by atoms with E-state index in [0.717, 1.165) is 29.5 Å². The van der Waals surface area contributed by atoms with Crippen molar-refractivity contribution in [3.05, 3.63) is 34.9 Å². The van der Waals surface area contributed by atoms with Gasteiger partial charge in [-0.25, -0.2) is 4.79 Å². The maximum atomic E-state index is 13.9. The molecule has 0 saturated carbocycles. The summed E-state index contributed by atoms with van der Waals surface area (Å²) in [6, 6.07) is 4.01. The highest BCUT2D eigenvalue weighted by Crippen LogP contribution is 2.32. The zero-order valence-electron chi connectivity index (χ0n) is 22.2. The second kappa shape index (κ2) is 12.5. The van der Waals surface area contributed by atoms with E-state index in [1.54, 1.807) is 25.7 Å². The molecular formula is C26H43N3O4S. The molecule has 0 heterocycles. The van der Waals surface area contributed by atoms with Gasteiger partial charge in [-0.3, -0.25) is 9.59 Å². The number of hydrogen-bond acceptors (Lipinski definition) is 5. The average Bonchev–Trinajstić information content (AvgIpc) is 2.68. The molecule has 2 unspecified atom stereocenters. The van der Waals surface area contributed by atoms with E-state index in [-0.39, 0.29) is 11.7 Å². The molecule has 0 saturated heterocycles. The first kappa shape index (κ1) is 29.8. The molecule has 1 aromatic carbocycles. The molecule has 7 nitrogen and oxygen atoms in total. The van der Waals surface area contributed by atoms with Gasteiger partial charge in [-0.2, -0.15) is 12.6 Å². The minimum atomic E-state index is -0.964. The highest BCUT2D eigenvalue weighted by molar-refractivity contribution is 7.80. The lowest BCUT2D eigenvalue weighted by atomic mass is 9.92. The van der Waals surface area contributed by atoms with E-state index in [2.05, 4.69) is 30.2 Å². The van der Waals surface area contributed by atoms with Gasteiger partial charge in [-0.15, -0.1) is 0 Å². The molecule has 0 aliphatic carbocycles. The number of rotatable bonds is 9. The molecule has 0 aliphatic rings. The van der Waals surface area contributed by atoms with E-state index in [0.29, 0.717) is 6.54 Å². The zero-order valence-corrected chi connectivity index (χ0v) is 23.1. The summed E-state index contributed by atoms with van der Waals surface area (Å²) in [5, 5.41) is 5.63. The van der Waals surface area contributed by atoms with Crippen molar-refractivity contribution in [1.82, 2.24) is 15.5 Å². The second-order valence-electron chi connectivity index (χ2n) is 10.7. The van der Waals surface area contributed by atoms with Gasteiger partial charge in [0.1, 0.15) is 17.7 Å². The van der Waals surface area contributed by atoms with Crippen molar-refractivity contribution in [2.45, 2.75) is 98.4 Å². The van der Waals surface area contributed by atoms with Gasteiger partial charge in [-0.05, 0) is 72.9 Å². The standard InChI is InChI=1S/C26H43N3O4S/c1-10-11-14-27-22(30)21(19-13-12-17(2)15-18(19)3)29(25(4,5)6)23(31)20(16-34)28-24(32)33-26(7,8)9/h12-13,15,20-21,34H,10-11,14,16H2,1-9H3,(H,27,30)(H,28,32). The summed E-state index contributed by atoms with van der Waals surface area (Å²) in [7, 11) is 0. The van der Waals surface area contributed by atoms with Gasteiger partial charge in [0.2, 0.25) is 11.8 Å². The van der Waals surface area contributed by atoms with Crippen molar-refractivity contribution in [3.8, 4) is 0 Å². The molecule has 34 heavy (non-hydrogen) atoms. The summed E-state index contributed by atoms with van der Waals surface area (Å²) < 4.78 is 5.34. The molecule has 8 heteroatoms. The topological polar surface area (TPSA) is 87.7 Å². The van der Waals surface area contributed by atoms with Crippen LogP contribution in [0.4, 0.5) is 4.79 Å². The van der Waals surface area contributed by atoms with E-state index in [4.69, 9.17) is 4.74 Å². The second-order valence-corrected chi connectivity index (χ2v) is 11.0. The third kappa shape index (κ3) is 8.85. The van der Waals surface area contributed by atoms with Crippen LogP contribution >= 0.6 is 12.6 Å². The van der Waals surface area contributed by atoms with Gasteiger partial charge in [0.25, 0.3) is 0 Å². The van der Waals surface area contributed by atoms with Gasteiger partial charge in [0.05, 0.1) is 0 Å². The highest BCUT2D eigenvalue weighted by atomic mass is 32.1. The molecule has 3 amide bonds. The first-order valence-electron chi connectivity index (χ1n) is 11.9. The fourth-order valence-corrected chi connectivity index (χ4v) is 3.91. The number of carbonyl (C=O) groups is 3. The summed E-state index contributed by atoms with van der Waals surface area (Å²) in [6.07, 6.45) is 1.08. The van der Waals surface area contributed by atoms with Gasteiger partial charge < -0.3 is 20.3 Å². The summed E-state index contributed by atoms with van der Waals surface area (Å²) >= 11 is 4.32. The van der Waals surface area contributed by atoms with Crippen LogP contribution in [0.3, 0.4) is 0 Å². The van der Waals surface area contributed by atoms with Crippen LogP contribution in [-0.4, -0.2) is 52.3 Å². The lowest BCUT2D eigenvalue weighted by Crippen LogP contribution is -2.59. The van der Waals surface area contributed by atoms with Crippen molar-refractivity contribution in [2.75, 3.05) is 12.3 Å². The van der Waals surface area contributed by atoms with Crippen LogP contribution in [0.1, 0.15) is 84.0 Å². The van der Waals surface area contributed by atoms with Gasteiger partial charge in [-0.1, -0.05) is 37.1 Å². The monoisotopic (exact) mass is 493 g/mol. The number of carbonyl (C=O) groups excluding carboxylic acids is 3. The molecule has 192 valence electrons. The van der Waals surface area contributed by atoms with Gasteiger partial charge in [0, 0.05) is 17.8 Å². The number of nitrogens with zero attached hydrogens (tertiary/aromatic N) is 1. The minimum Gasteiger partial charge on any atom is -0.444 e. The van der Waals surface area contributed by atoms with Crippen LogP contribution in [0, 0.1) is 13.8 Å². The van der Waals surface area contributed by atoms with Crippen LogP contribution in [0.25, 0.3) is 0 Å². The van der Waals surface area contributed by atoms with Crippen LogP contribution < -0.4 is 10.6 Å². The molecule has 0 fully saturated rings. The summed E-state index contributed by atoms with van der Waals surface area (Å²) in [5.41, 5.74) is 1.30. The maximum Gasteiger partial charge on any atom is 0.408 e. The normalized spacial score (nSPS) is 13.6. The predicted molar refractivity (Wildman–Crippen MR) is 140 cm³/mol. The van der Waals surface area contributed by atoms with Gasteiger partial charge >= 0.3 is 6.09 Å². The van der Waals surface area contributed by atoms with Crippen molar-refractivity contribution >= 4 is 30.5 Å². The van der Waals surface area contributed by atoms with Crippen molar-refractivity contribution in [2.24, 2.45) is 0 Å². The zero-order chi connectivity index (χ0) is 26.3. The number of ether oxygens (including phenoxy) is 1. The van der Waals surface area contributed by atoms with E-state index in [1.807, 2.05) is 52.8 Å². The fraction of sp³-hybridized carbons (Fsp3) is 0.654. The fourth-order valence-electron chi connectivity index (χ4n) is 3.66. The van der Waals surface area contributed by atoms with E-state index in [9.17, 15) is 14.4 Å². The highest BCUT2D eigenvalue weighted by Gasteiger charge is 2.42. The van der Waals surface area contributed by atoms with E-state index >= 15 is 0 Å². The minimum absolute atomic E-state index is 0.0573. The number of hydrogen-bond donors (Lipinski definition) is 3. The number of aryl methyl sites for hydroxylation is 2. The first-order chi connectivity index (χ1) is 15.6. The Morgan fingerprint density at radius 1 is 1.09 bits per heavy atom. The number of thiol groups is 1. The molecular weight excluding hydrogens is 450 g/mol. The smallest absolute Gasteiger partial charge is 0.408 e. The van der Waals surface area contributed by atoms with E-state index < -0.39 is 35.2 Å². The SMILES string of the molecule is CCCCNC(=O)C(c1ccc(C)cc1C)N(C(=O)C(CS)NC(=O)OC(C)(C)C)C(C)(C)C. The van der Waals surface area contributed by atoms with Crippen molar-refractivity contribution in [3.63, 3.8) is 0 Å². The third-order valence-electron chi connectivity index (χ3n) is 5.19. The Balaban J connectivity index is 3.48. The lowest BCUT2D eigenvalue weighted by Gasteiger charge is -2.43. The Hall–Kier alpha value is -2.22. The summed E-state index contributed by atoms with van der Waals surface area (Å²) in [6.45, 7) is 17.4. The number of unbranched alkanes of at least 4 members (excludes halogenated alkanes) is 1. The molecule has 0 bridgehead atoms. The first-order valence-corrected chi connectivity index (χ1v) is 12.5. The van der Waals surface area contributed by atoms with Crippen LogP contribution in [0.15, 0.2) is 18.2 Å². The number of nitrogens with one attached hydrogen (secondary N) is 2. The van der Waals surface area contributed by atoms with E-state index in [1.165, 1.54) is 0 Å². The quantitative estimate of drug-likeness (QED) is 0.343. The molecule has 1 aromatic rings. The molecule has 0 spiro atoms. The van der Waals surface area contributed by atoms with Crippen LogP contribution in [-0.2, 0) is 14.3 Å². The Kier molecular flexibility index (Phi) is 10.9. The molecule has 2 N–H and O–H groups in total. The largest absolute Gasteiger partial charge is 0.444 e. The maximum absolute atomic E-state index is 13.9. The Morgan fingerprint density at radius 3 is 2.18 bits per heavy atom. The molecule has 2 atom stereocenters. The van der Waals surface area contributed by atoms with Crippen molar-refractivity contribution in [1.29, 1.82) is 0 Å². The number of benzene rings is 1. The molecule has 0 radical (unpaired) electrons. The summed E-state index contributed by atoms with van der Waals surface area (Å²) in [4.78, 5) is 41.4. The van der Waals surface area contributed by atoms with Crippen LogP contribution in [0.5, 0.6) is 0 Å². The average molecular weight is 494 g/mol. The molecule has 0 aliphatic heterocycles. The molecule has 1 rings (SSSR count). The lowest BCUT2D eigenvalue weighted by molar-refractivity contribution is -0.148. The molecule has 0 aromatic heterocycles. The number of alkyl carbamates (subject to hydrolysis) is 1. The Morgan fingerprint density at radius 2 is 1.71 bits per heavy atom. The Bertz CT molecular complexity index is 859. The third-order valence-corrected chi connectivity index (χ3v) is 5.55. The van der Waals surface area contributed by atoms with Crippen molar-refractivity contribution < 1.29 is 19.1 Å². The van der Waals surface area contributed by atoms with Crippen LogP contribution in [0.2, 0.25) is 0 Å². The predicted octanol–water partition coefficient (Wildman–Crippen LogP) is 4.71. The number of amides is 3. The van der Waals surface area contributed by atoms with Gasteiger partial charge in [0.15, 0.2) is 0 Å².